The molecule has 0 radical (unpaired) electrons. The molecule has 5 aromatic rings. The van der Waals surface area contributed by atoms with Crippen molar-refractivity contribution < 1.29 is 4.39 Å². The molecule has 0 aliphatic carbocycles. The molecule has 0 aliphatic heterocycles. The van der Waals surface area contributed by atoms with E-state index in [2.05, 4.69) is 25.3 Å². The van der Waals surface area contributed by atoms with Gasteiger partial charge < -0.3 is 5.32 Å². The van der Waals surface area contributed by atoms with Gasteiger partial charge in [-0.3, -0.25) is 14.1 Å². The van der Waals surface area contributed by atoms with Gasteiger partial charge >= 0.3 is 5.69 Å². The molecule has 8 nitrogen and oxygen atoms in total. The first-order valence-electron chi connectivity index (χ1n) is 10.2. The average molecular weight is 429 g/mol. The van der Waals surface area contributed by atoms with Crippen LogP contribution in [0.4, 0.5) is 10.3 Å². The topological polar surface area (TPSA) is 90.5 Å². The fourth-order valence-corrected chi connectivity index (χ4v) is 3.89. The number of nitrogens with one attached hydrogen (secondary N) is 1. The van der Waals surface area contributed by atoms with Crippen LogP contribution >= 0.6 is 0 Å². The second kappa shape index (κ2) is 7.52. The highest BCUT2D eigenvalue weighted by Crippen LogP contribution is 2.30. The molecular formula is C23H20FN7O. The summed E-state index contributed by atoms with van der Waals surface area (Å²) in [5.74, 6) is -0.0216. The number of hydrogen-bond acceptors (Lipinski definition) is 6. The number of halogens is 1. The standard InChI is InChI=1S/C23H20FN7O/c1-4-25-22-27-10-15(11-28-22)14-5-6-17-16(9-14)21-19(12-26-17)30(3)23(32)31(21)18-7-8-20(24)29-13(18)2/h5-12H,4H2,1-3H3,(H,25,27,28). The zero-order chi connectivity index (χ0) is 22.4. The summed E-state index contributed by atoms with van der Waals surface area (Å²) in [5.41, 5.74) is 4.52. The molecule has 0 spiro atoms. The van der Waals surface area contributed by atoms with Crippen molar-refractivity contribution in [3.05, 3.63) is 71.0 Å². The van der Waals surface area contributed by atoms with Crippen molar-refractivity contribution >= 4 is 27.9 Å². The molecule has 1 N–H and O–H groups in total. The molecule has 0 bridgehead atoms. The molecule has 0 fully saturated rings. The Bertz CT molecular complexity index is 1540. The van der Waals surface area contributed by atoms with Crippen molar-refractivity contribution in [3.8, 4) is 16.8 Å². The summed E-state index contributed by atoms with van der Waals surface area (Å²) in [6, 6.07) is 8.65. The largest absolute Gasteiger partial charge is 0.355 e. The summed E-state index contributed by atoms with van der Waals surface area (Å²) in [4.78, 5) is 30.3. The zero-order valence-electron chi connectivity index (χ0n) is 17.8. The number of benzene rings is 1. The molecule has 0 atom stereocenters. The number of rotatable bonds is 4. The molecule has 0 unspecified atom stereocenters. The van der Waals surface area contributed by atoms with Crippen LogP contribution in [0.25, 0.3) is 38.8 Å². The number of anilines is 1. The van der Waals surface area contributed by atoms with Gasteiger partial charge in [0.2, 0.25) is 11.9 Å². The van der Waals surface area contributed by atoms with E-state index in [1.54, 1.807) is 43.2 Å². The van der Waals surface area contributed by atoms with Crippen LogP contribution in [0.2, 0.25) is 0 Å². The predicted molar refractivity (Wildman–Crippen MR) is 121 cm³/mol. The van der Waals surface area contributed by atoms with Gasteiger partial charge in [0, 0.05) is 36.9 Å². The van der Waals surface area contributed by atoms with E-state index in [0.717, 1.165) is 28.6 Å². The quantitative estimate of drug-likeness (QED) is 0.439. The van der Waals surface area contributed by atoms with Gasteiger partial charge in [-0.25, -0.2) is 19.7 Å². The molecule has 0 aliphatic rings. The van der Waals surface area contributed by atoms with Crippen LogP contribution < -0.4 is 11.0 Å². The van der Waals surface area contributed by atoms with Crippen LogP contribution in [-0.2, 0) is 7.05 Å². The number of nitrogens with zero attached hydrogens (tertiary/aromatic N) is 6. The van der Waals surface area contributed by atoms with Crippen LogP contribution in [-0.4, -0.2) is 35.6 Å². The minimum absolute atomic E-state index is 0.255. The number of fused-ring (bicyclic) bond motifs is 3. The Balaban J connectivity index is 1.79. The summed E-state index contributed by atoms with van der Waals surface area (Å²) in [6.45, 7) is 4.40. The van der Waals surface area contributed by atoms with Crippen molar-refractivity contribution in [1.82, 2.24) is 29.1 Å². The van der Waals surface area contributed by atoms with E-state index in [9.17, 15) is 9.18 Å². The summed E-state index contributed by atoms with van der Waals surface area (Å²) >= 11 is 0. The number of imidazole rings is 1. The first-order valence-corrected chi connectivity index (χ1v) is 10.2. The first-order chi connectivity index (χ1) is 15.5. The third kappa shape index (κ3) is 3.09. The molecule has 0 amide bonds. The summed E-state index contributed by atoms with van der Waals surface area (Å²) in [7, 11) is 1.69. The maximum Gasteiger partial charge on any atom is 0.333 e. The third-order valence-electron chi connectivity index (χ3n) is 5.47. The van der Waals surface area contributed by atoms with Gasteiger partial charge in [-0.15, -0.1) is 0 Å². The first kappa shape index (κ1) is 19.8. The molecule has 9 heteroatoms. The molecule has 160 valence electrons. The lowest BCUT2D eigenvalue weighted by atomic mass is 10.1. The SMILES string of the molecule is CCNc1ncc(-c2ccc3ncc4c(c3c2)n(-c2ccc(F)nc2C)c(=O)n4C)cn1. The van der Waals surface area contributed by atoms with E-state index >= 15 is 0 Å². The number of aromatic nitrogens is 6. The molecule has 4 heterocycles. The van der Waals surface area contributed by atoms with Crippen molar-refractivity contribution in [2.75, 3.05) is 11.9 Å². The van der Waals surface area contributed by atoms with Gasteiger partial charge in [-0.2, -0.15) is 4.39 Å². The van der Waals surface area contributed by atoms with Crippen LogP contribution in [0.5, 0.6) is 0 Å². The smallest absolute Gasteiger partial charge is 0.333 e. The number of hydrogen-bond donors (Lipinski definition) is 1. The van der Waals surface area contributed by atoms with Gasteiger partial charge in [0.1, 0.15) is 0 Å². The van der Waals surface area contributed by atoms with E-state index in [-0.39, 0.29) is 5.69 Å². The molecular weight excluding hydrogens is 409 g/mol. The van der Waals surface area contributed by atoms with Gasteiger partial charge in [-0.05, 0) is 43.7 Å². The Morgan fingerprint density at radius 2 is 1.81 bits per heavy atom. The minimum atomic E-state index is -0.589. The molecule has 32 heavy (non-hydrogen) atoms. The third-order valence-corrected chi connectivity index (χ3v) is 5.47. The lowest BCUT2D eigenvalue weighted by Crippen LogP contribution is -2.21. The van der Waals surface area contributed by atoms with E-state index in [4.69, 9.17) is 0 Å². The second-order valence-corrected chi connectivity index (χ2v) is 7.47. The van der Waals surface area contributed by atoms with Gasteiger partial charge in [0.15, 0.2) is 0 Å². The normalized spacial score (nSPS) is 11.4. The number of aryl methyl sites for hydroxylation is 2. The molecule has 0 saturated heterocycles. The average Bonchev–Trinajstić information content (AvgIpc) is 3.05. The Kier molecular flexibility index (Phi) is 4.66. The fourth-order valence-electron chi connectivity index (χ4n) is 3.89. The van der Waals surface area contributed by atoms with Crippen molar-refractivity contribution in [2.45, 2.75) is 13.8 Å². The lowest BCUT2D eigenvalue weighted by Gasteiger charge is -2.10. The maximum absolute atomic E-state index is 13.6. The van der Waals surface area contributed by atoms with Crippen molar-refractivity contribution in [3.63, 3.8) is 0 Å². The minimum Gasteiger partial charge on any atom is -0.355 e. The lowest BCUT2D eigenvalue weighted by molar-refractivity contribution is 0.579. The summed E-state index contributed by atoms with van der Waals surface area (Å²) in [5, 5.41) is 3.87. The maximum atomic E-state index is 13.6. The Hall–Kier alpha value is -4.14. The van der Waals surface area contributed by atoms with Crippen molar-refractivity contribution in [1.29, 1.82) is 0 Å². The Morgan fingerprint density at radius 3 is 2.53 bits per heavy atom. The van der Waals surface area contributed by atoms with Crippen LogP contribution in [0.3, 0.4) is 0 Å². The predicted octanol–water partition coefficient (Wildman–Crippen LogP) is 3.61. The van der Waals surface area contributed by atoms with Gasteiger partial charge in [0.25, 0.3) is 0 Å². The van der Waals surface area contributed by atoms with E-state index in [1.807, 2.05) is 25.1 Å². The van der Waals surface area contributed by atoms with E-state index in [0.29, 0.717) is 28.4 Å². The van der Waals surface area contributed by atoms with E-state index in [1.165, 1.54) is 10.6 Å². The Morgan fingerprint density at radius 1 is 1.03 bits per heavy atom. The molecule has 5 rings (SSSR count). The summed E-state index contributed by atoms with van der Waals surface area (Å²) in [6.07, 6.45) is 5.19. The highest BCUT2D eigenvalue weighted by Gasteiger charge is 2.18. The van der Waals surface area contributed by atoms with E-state index < -0.39 is 5.95 Å². The zero-order valence-corrected chi connectivity index (χ0v) is 17.8. The summed E-state index contributed by atoms with van der Waals surface area (Å²) < 4.78 is 16.7. The molecule has 0 saturated carbocycles. The fraction of sp³-hybridized carbons (Fsp3) is 0.174. The molecule has 4 aromatic heterocycles. The molecule has 1 aromatic carbocycles. The highest BCUT2D eigenvalue weighted by molar-refractivity contribution is 6.04. The van der Waals surface area contributed by atoms with Crippen molar-refractivity contribution in [2.24, 2.45) is 7.05 Å². The van der Waals surface area contributed by atoms with Crippen LogP contribution in [0.1, 0.15) is 12.6 Å². The van der Waals surface area contributed by atoms with Crippen LogP contribution in [0, 0.1) is 12.9 Å². The van der Waals surface area contributed by atoms with Gasteiger partial charge in [0.05, 0.1) is 34.1 Å². The highest BCUT2D eigenvalue weighted by atomic mass is 19.1. The Labute approximate surface area is 182 Å². The number of pyridine rings is 2. The van der Waals surface area contributed by atoms with Crippen LogP contribution in [0.15, 0.2) is 53.7 Å². The van der Waals surface area contributed by atoms with Gasteiger partial charge in [-0.1, -0.05) is 6.07 Å². The monoisotopic (exact) mass is 429 g/mol. The second-order valence-electron chi connectivity index (χ2n) is 7.47.